The number of rotatable bonds is 11. The van der Waals surface area contributed by atoms with Crippen molar-refractivity contribution in [3.63, 3.8) is 0 Å². The number of alkyl carbamates (subject to hydrolysis) is 2. The van der Waals surface area contributed by atoms with Gasteiger partial charge in [-0.3, -0.25) is 9.59 Å². The third kappa shape index (κ3) is 8.04. The minimum absolute atomic E-state index is 0.149. The fraction of sp³-hybridized carbons (Fsp3) is 0.500. The zero-order valence-corrected chi connectivity index (χ0v) is 35.9. The van der Waals surface area contributed by atoms with Crippen molar-refractivity contribution >= 4 is 24.0 Å². The maximum atomic E-state index is 13.8. The number of ether oxygens (including phenoxy) is 6. The molecule has 18 nitrogen and oxygen atoms in total. The molecule has 6 heterocycles. The molecule has 18 heteroatoms. The second kappa shape index (κ2) is 17.9. The Kier molecular flexibility index (Phi) is 12.2. The summed E-state index contributed by atoms with van der Waals surface area (Å²) < 4.78 is 34.9. The van der Waals surface area contributed by atoms with Crippen molar-refractivity contribution < 1.29 is 47.6 Å². The van der Waals surface area contributed by atoms with Crippen LogP contribution in [0.5, 0.6) is 23.0 Å². The molecular weight excluding hydrogens is 801 g/mol. The Bertz CT molecular complexity index is 2160. The summed E-state index contributed by atoms with van der Waals surface area (Å²) in [5, 5.41) is 5.40. The van der Waals surface area contributed by atoms with Gasteiger partial charge < -0.3 is 58.8 Å². The lowest BCUT2D eigenvalue weighted by Crippen LogP contribution is -2.51. The average Bonchev–Trinajstić information content (AvgIpc) is 4.13. The first kappa shape index (κ1) is 42.2. The Morgan fingerprint density at radius 3 is 1.32 bits per heavy atom. The van der Waals surface area contributed by atoms with Gasteiger partial charge in [0, 0.05) is 35.3 Å². The largest absolute Gasteiger partial charge is 0.485 e. The molecule has 2 aromatic heterocycles. The van der Waals surface area contributed by atoms with Crippen molar-refractivity contribution in [3.8, 4) is 56.6 Å². The van der Waals surface area contributed by atoms with Gasteiger partial charge in [0.1, 0.15) is 50.2 Å². The molecule has 0 spiro atoms. The van der Waals surface area contributed by atoms with Crippen LogP contribution in [0.3, 0.4) is 0 Å². The van der Waals surface area contributed by atoms with Gasteiger partial charge in [-0.05, 0) is 61.8 Å². The van der Waals surface area contributed by atoms with Crippen LogP contribution in [0.4, 0.5) is 9.59 Å². The van der Waals surface area contributed by atoms with Gasteiger partial charge in [-0.1, -0.05) is 27.7 Å². The Morgan fingerprint density at radius 2 is 0.968 bits per heavy atom. The number of carbonyl (C=O) groups is 4. The quantitative estimate of drug-likeness (QED) is 0.142. The molecule has 0 saturated carbocycles. The molecular formula is C44H54N8O10. The van der Waals surface area contributed by atoms with Crippen LogP contribution < -0.4 is 29.6 Å². The third-order valence-electron chi connectivity index (χ3n) is 11.9. The molecule has 4 aliphatic rings. The van der Waals surface area contributed by atoms with E-state index in [1.54, 1.807) is 22.2 Å². The summed E-state index contributed by atoms with van der Waals surface area (Å²) in [5.74, 6) is 2.82. The van der Waals surface area contributed by atoms with E-state index >= 15 is 0 Å². The van der Waals surface area contributed by atoms with E-state index in [1.165, 1.54) is 14.2 Å². The van der Waals surface area contributed by atoms with Crippen LogP contribution in [0.1, 0.15) is 77.1 Å². The van der Waals surface area contributed by atoms with Crippen molar-refractivity contribution in [2.75, 3.05) is 53.7 Å². The minimum atomic E-state index is -0.740. The van der Waals surface area contributed by atoms with Gasteiger partial charge in [0.2, 0.25) is 11.8 Å². The van der Waals surface area contributed by atoms with Gasteiger partial charge in [0.25, 0.3) is 0 Å². The van der Waals surface area contributed by atoms with Crippen molar-refractivity contribution in [2.45, 2.75) is 77.5 Å². The number of aromatic amines is 2. The second-order valence-corrected chi connectivity index (χ2v) is 16.5. The number of hydrogen-bond acceptors (Lipinski definition) is 12. The zero-order valence-electron chi connectivity index (χ0n) is 35.9. The first-order chi connectivity index (χ1) is 30.0. The molecule has 2 fully saturated rings. The van der Waals surface area contributed by atoms with E-state index < -0.39 is 24.3 Å². The van der Waals surface area contributed by atoms with Gasteiger partial charge in [0.15, 0.2) is 23.0 Å². The number of nitrogens with zero attached hydrogens (tertiary/aromatic N) is 4. The standard InChI is InChI=1S/C44H54N8O10/c1-23(2)33(49-43(55)57-5)41(53)51-15-7-9-31(51)39-45-21-29(47-39)27-13-11-25(35-37(27)61-19-17-59-35)26-12-14-28(38-36(26)60-18-20-62-38)30-22-46-40(48-30)32-10-8-16-52(32)42(54)34(24(3)4)50-44(56)58-6/h11-14,21-24,31-34H,7-10,15-20H2,1-6H3,(H,45,47)(H,46,48)(H,49,55)(H,50,56). The summed E-state index contributed by atoms with van der Waals surface area (Å²) in [6.45, 7) is 10.0. The Labute approximate surface area is 359 Å². The maximum absolute atomic E-state index is 13.8. The zero-order chi connectivity index (χ0) is 43.7. The molecule has 4 unspecified atom stereocenters. The highest BCUT2D eigenvalue weighted by Crippen LogP contribution is 2.52. The molecule has 0 radical (unpaired) electrons. The predicted molar refractivity (Wildman–Crippen MR) is 225 cm³/mol. The maximum Gasteiger partial charge on any atom is 0.407 e. The summed E-state index contributed by atoms with van der Waals surface area (Å²) >= 11 is 0. The SMILES string of the molecule is COC(=O)NC(C(=O)N1CCCC1c1ncc(-c2ccc(-c3ccc(-c4cnc(C5CCCN5C(=O)C(NC(=O)OC)C(C)C)[nH]4)c4c3OCCO4)c3c2OCCO3)[nH]1)C(C)C. The fourth-order valence-electron chi connectivity index (χ4n) is 8.79. The Balaban J connectivity index is 1.07. The minimum Gasteiger partial charge on any atom is -0.485 e. The Hall–Kier alpha value is -6.46. The number of nitrogens with one attached hydrogen (secondary N) is 4. The van der Waals surface area contributed by atoms with E-state index in [-0.39, 0.29) is 35.7 Å². The highest BCUT2D eigenvalue weighted by atomic mass is 16.6. The van der Waals surface area contributed by atoms with Crippen molar-refractivity contribution in [1.29, 1.82) is 0 Å². The van der Waals surface area contributed by atoms with Crippen molar-refractivity contribution in [1.82, 2.24) is 40.4 Å². The lowest BCUT2D eigenvalue weighted by atomic mass is 9.96. The van der Waals surface area contributed by atoms with Crippen LogP contribution in [-0.2, 0) is 19.1 Å². The van der Waals surface area contributed by atoms with E-state index in [0.717, 1.165) is 47.9 Å². The number of H-pyrrole nitrogens is 2. The highest BCUT2D eigenvalue weighted by Gasteiger charge is 2.40. The van der Waals surface area contributed by atoms with Crippen LogP contribution in [0.15, 0.2) is 36.7 Å². The second-order valence-electron chi connectivity index (χ2n) is 16.5. The molecule has 62 heavy (non-hydrogen) atoms. The van der Waals surface area contributed by atoms with E-state index in [0.29, 0.717) is 85.6 Å². The summed E-state index contributed by atoms with van der Waals surface area (Å²) in [4.78, 5) is 71.6. The number of likely N-dealkylation sites (tertiary alicyclic amines) is 2. The number of aromatic nitrogens is 4. The van der Waals surface area contributed by atoms with E-state index in [4.69, 9.17) is 38.4 Å². The number of methoxy groups -OCH3 is 2. The third-order valence-corrected chi connectivity index (χ3v) is 11.9. The Morgan fingerprint density at radius 1 is 0.613 bits per heavy atom. The van der Waals surface area contributed by atoms with E-state index in [2.05, 4.69) is 20.6 Å². The monoisotopic (exact) mass is 854 g/mol. The van der Waals surface area contributed by atoms with Gasteiger partial charge >= 0.3 is 12.2 Å². The number of carbonyl (C=O) groups excluding carboxylic acids is 4. The van der Waals surface area contributed by atoms with Crippen molar-refractivity contribution in [2.24, 2.45) is 11.8 Å². The lowest BCUT2D eigenvalue weighted by Gasteiger charge is -2.30. The van der Waals surface area contributed by atoms with E-state index in [9.17, 15) is 19.2 Å². The lowest BCUT2D eigenvalue weighted by molar-refractivity contribution is -0.136. The number of benzene rings is 2. The molecule has 0 bridgehead atoms. The van der Waals surface area contributed by atoms with Crippen LogP contribution in [0.25, 0.3) is 33.6 Å². The summed E-state index contributed by atoms with van der Waals surface area (Å²) in [7, 11) is 2.56. The smallest absolute Gasteiger partial charge is 0.407 e. The van der Waals surface area contributed by atoms with Gasteiger partial charge in [-0.2, -0.15) is 0 Å². The number of amides is 4. The van der Waals surface area contributed by atoms with Gasteiger partial charge in [-0.25, -0.2) is 19.6 Å². The average molecular weight is 855 g/mol. The van der Waals surface area contributed by atoms with Crippen molar-refractivity contribution in [3.05, 3.63) is 48.3 Å². The normalized spacial score (nSPS) is 19.0. The number of imidazole rings is 2. The molecule has 0 aliphatic carbocycles. The summed E-state index contributed by atoms with van der Waals surface area (Å²) in [6, 6.07) is 5.76. The topological polar surface area (TPSA) is 212 Å². The van der Waals surface area contributed by atoms with Crippen LogP contribution in [-0.4, -0.2) is 120 Å². The molecule has 330 valence electrons. The molecule has 2 saturated heterocycles. The summed E-state index contributed by atoms with van der Waals surface area (Å²) in [5.41, 5.74) is 4.42. The predicted octanol–water partition coefficient (Wildman–Crippen LogP) is 5.76. The molecule has 4 amide bonds. The molecule has 4 N–H and O–H groups in total. The molecule has 4 atom stereocenters. The van der Waals surface area contributed by atoms with E-state index in [1.807, 2.05) is 52.0 Å². The fourth-order valence-corrected chi connectivity index (χ4v) is 8.79. The molecule has 2 aromatic carbocycles. The molecule has 4 aliphatic heterocycles. The van der Waals surface area contributed by atoms with Crippen LogP contribution >= 0.6 is 0 Å². The first-order valence-electron chi connectivity index (χ1n) is 21.2. The number of fused-ring (bicyclic) bond motifs is 2. The first-order valence-corrected chi connectivity index (χ1v) is 21.2. The number of hydrogen-bond donors (Lipinski definition) is 4. The highest BCUT2D eigenvalue weighted by molar-refractivity contribution is 5.90. The molecule has 8 rings (SSSR count). The van der Waals surface area contributed by atoms with Crippen LogP contribution in [0.2, 0.25) is 0 Å². The van der Waals surface area contributed by atoms with Gasteiger partial charge in [-0.15, -0.1) is 0 Å². The molecule has 4 aromatic rings. The van der Waals surface area contributed by atoms with Crippen LogP contribution in [0, 0.1) is 11.8 Å². The summed E-state index contributed by atoms with van der Waals surface area (Å²) in [6.07, 6.45) is 5.20. The van der Waals surface area contributed by atoms with Gasteiger partial charge in [0.05, 0.1) is 50.1 Å².